The van der Waals surface area contributed by atoms with Crippen molar-refractivity contribution in [2.24, 2.45) is 0 Å². The molecule has 0 saturated carbocycles. The molecule has 0 spiro atoms. The summed E-state index contributed by atoms with van der Waals surface area (Å²) in [5.41, 5.74) is 2.95. The molecule has 3 aliphatic rings. The van der Waals surface area contributed by atoms with E-state index in [0.717, 1.165) is 36.9 Å². The number of aryl methyl sites for hydroxylation is 1. The summed E-state index contributed by atoms with van der Waals surface area (Å²) in [5.74, 6) is 1.49. The first-order chi connectivity index (χ1) is 13.7. The lowest BCUT2D eigenvalue weighted by atomic mass is 9.96. The first-order valence-electron chi connectivity index (χ1n) is 9.79. The summed E-state index contributed by atoms with van der Waals surface area (Å²) in [6.07, 6.45) is 3.84. The Morgan fingerprint density at radius 3 is 2.68 bits per heavy atom. The summed E-state index contributed by atoms with van der Waals surface area (Å²) in [5, 5.41) is 4.18. The summed E-state index contributed by atoms with van der Waals surface area (Å²) < 4.78 is 10.8. The second-order valence-corrected chi connectivity index (χ2v) is 7.67. The van der Waals surface area contributed by atoms with Gasteiger partial charge in [-0.2, -0.15) is 4.98 Å². The van der Waals surface area contributed by atoms with Crippen molar-refractivity contribution in [1.82, 2.24) is 15.0 Å². The Labute approximate surface area is 162 Å². The first kappa shape index (κ1) is 17.4. The van der Waals surface area contributed by atoms with E-state index in [2.05, 4.69) is 16.2 Å². The van der Waals surface area contributed by atoms with Crippen LogP contribution in [0.4, 0.5) is 5.69 Å². The maximum atomic E-state index is 12.5. The van der Waals surface area contributed by atoms with E-state index in [0.29, 0.717) is 44.4 Å². The van der Waals surface area contributed by atoms with Crippen LogP contribution >= 0.6 is 0 Å². The van der Waals surface area contributed by atoms with Crippen LogP contribution in [0.3, 0.4) is 0 Å². The van der Waals surface area contributed by atoms with E-state index in [1.807, 2.05) is 17.0 Å². The van der Waals surface area contributed by atoms with Gasteiger partial charge in [-0.25, -0.2) is 0 Å². The first-order valence-corrected chi connectivity index (χ1v) is 9.79. The Bertz CT molecular complexity index is 899. The number of carbonyl (C=O) groups is 2. The predicted octanol–water partition coefficient (Wildman–Crippen LogP) is 1.75. The zero-order valence-electron chi connectivity index (χ0n) is 15.5. The summed E-state index contributed by atoms with van der Waals surface area (Å²) in [4.78, 5) is 31.6. The van der Waals surface area contributed by atoms with Gasteiger partial charge in [0.25, 0.3) is 0 Å². The molecule has 28 heavy (non-hydrogen) atoms. The maximum Gasteiger partial charge on any atom is 0.230 e. The van der Waals surface area contributed by atoms with Gasteiger partial charge in [0, 0.05) is 36.7 Å². The van der Waals surface area contributed by atoms with Gasteiger partial charge in [-0.05, 0) is 30.9 Å². The molecule has 0 unspecified atom stereocenters. The number of piperidine rings is 1. The fourth-order valence-corrected chi connectivity index (χ4v) is 4.18. The molecule has 8 nitrogen and oxygen atoms in total. The second-order valence-electron chi connectivity index (χ2n) is 7.67. The highest BCUT2D eigenvalue weighted by atomic mass is 16.5. The number of hydrogen-bond donors (Lipinski definition) is 0. The van der Waals surface area contributed by atoms with Crippen LogP contribution in [0.15, 0.2) is 22.7 Å². The molecular weight excluding hydrogens is 360 g/mol. The van der Waals surface area contributed by atoms with E-state index in [-0.39, 0.29) is 17.9 Å². The van der Waals surface area contributed by atoms with E-state index in [9.17, 15) is 9.59 Å². The van der Waals surface area contributed by atoms with Gasteiger partial charge in [0.05, 0.1) is 19.3 Å². The molecule has 0 aliphatic carbocycles. The molecule has 2 fully saturated rings. The van der Waals surface area contributed by atoms with Crippen molar-refractivity contribution in [3.63, 3.8) is 0 Å². The fraction of sp³-hybridized carbons (Fsp3) is 0.500. The number of fused-ring (bicyclic) bond motifs is 1. The fourth-order valence-electron chi connectivity index (χ4n) is 4.18. The van der Waals surface area contributed by atoms with Crippen LogP contribution in [0.25, 0.3) is 11.4 Å². The molecule has 8 heteroatoms. The number of amides is 2. The average molecular weight is 382 g/mol. The highest BCUT2D eigenvalue weighted by molar-refractivity contribution is 5.97. The molecule has 0 bridgehead atoms. The lowest BCUT2D eigenvalue weighted by Gasteiger charge is -2.40. The van der Waals surface area contributed by atoms with E-state index in [4.69, 9.17) is 9.26 Å². The van der Waals surface area contributed by atoms with Gasteiger partial charge < -0.3 is 19.1 Å². The molecule has 1 aromatic heterocycles. The molecule has 3 aliphatic heterocycles. The molecular formula is C20H22N4O4. The van der Waals surface area contributed by atoms with Crippen molar-refractivity contribution in [1.29, 1.82) is 0 Å². The van der Waals surface area contributed by atoms with Gasteiger partial charge in [-0.3, -0.25) is 9.59 Å². The molecule has 5 rings (SSSR count). The summed E-state index contributed by atoms with van der Waals surface area (Å²) >= 11 is 0. The number of hydrogen-bond acceptors (Lipinski definition) is 6. The Morgan fingerprint density at radius 2 is 1.96 bits per heavy atom. The molecule has 146 valence electrons. The molecule has 0 atom stereocenters. The third-order valence-electron chi connectivity index (χ3n) is 5.94. The number of anilines is 1. The van der Waals surface area contributed by atoms with Crippen molar-refractivity contribution < 1.29 is 18.8 Å². The number of likely N-dealkylation sites (tertiary alicyclic amines) is 1. The van der Waals surface area contributed by atoms with Crippen molar-refractivity contribution in [2.75, 3.05) is 31.2 Å². The van der Waals surface area contributed by atoms with Gasteiger partial charge in [0.1, 0.15) is 0 Å². The molecule has 0 N–H and O–H groups in total. The Kier molecular flexibility index (Phi) is 4.35. The molecule has 2 amide bonds. The van der Waals surface area contributed by atoms with Crippen LogP contribution in [-0.2, 0) is 20.7 Å². The molecule has 2 saturated heterocycles. The number of nitrogens with zero attached hydrogens (tertiary/aromatic N) is 4. The Balaban J connectivity index is 1.40. The van der Waals surface area contributed by atoms with Gasteiger partial charge in [-0.15, -0.1) is 0 Å². The number of ether oxygens (including phenoxy) is 1. The van der Waals surface area contributed by atoms with Gasteiger partial charge in [-0.1, -0.05) is 17.3 Å². The third-order valence-corrected chi connectivity index (χ3v) is 5.94. The zero-order valence-corrected chi connectivity index (χ0v) is 15.5. The monoisotopic (exact) mass is 382 g/mol. The van der Waals surface area contributed by atoms with Crippen LogP contribution in [-0.4, -0.2) is 59.7 Å². The summed E-state index contributed by atoms with van der Waals surface area (Å²) in [6.45, 7) is 2.60. The number of benzene rings is 1. The number of aromatic nitrogens is 2. The second kappa shape index (κ2) is 7.01. The molecule has 4 heterocycles. The van der Waals surface area contributed by atoms with E-state index in [1.165, 1.54) is 5.56 Å². The van der Waals surface area contributed by atoms with E-state index in [1.54, 1.807) is 4.90 Å². The zero-order chi connectivity index (χ0) is 19.1. The van der Waals surface area contributed by atoms with Crippen molar-refractivity contribution >= 4 is 18.0 Å². The Morgan fingerprint density at radius 1 is 1.14 bits per heavy atom. The lowest BCUT2D eigenvalue weighted by molar-refractivity contribution is -0.121. The minimum atomic E-state index is 0.116. The summed E-state index contributed by atoms with van der Waals surface area (Å²) in [7, 11) is 0. The highest BCUT2D eigenvalue weighted by Crippen LogP contribution is 2.35. The minimum Gasteiger partial charge on any atom is -0.377 e. The maximum absolute atomic E-state index is 12.5. The highest BCUT2D eigenvalue weighted by Gasteiger charge is 2.35. The minimum absolute atomic E-state index is 0.116. The van der Waals surface area contributed by atoms with Crippen LogP contribution in [0, 0.1) is 0 Å². The average Bonchev–Trinajstić information content (AvgIpc) is 3.18. The SMILES string of the molecule is O=CN1CCC(c2nc(-c3ccc4c(c3)N(C3COC3)C(=O)CC4)no2)CC1. The van der Waals surface area contributed by atoms with Gasteiger partial charge in [0.15, 0.2) is 0 Å². The van der Waals surface area contributed by atoms with Crippen LogP contribution < -0.4 is 4.90 Å². The Hall–Kier alpha value is -2.74. The quantitative estimate of drug-likeness (QED) is 0.749. The molecule has 1 aromatic carbocycles. The van der Waals surface area contributed by atoms with Gasteiger partial charge >= 0.3 is 0 Å². The topological polar surface area (TPSA) is 88.8 Å². The van der Waals surface area contributed by atoms with Crippen LogP contribution in [0.2, 0.25) is 0 Å². The number of rotatable bonds is 4. The van der Waals surface area contributed by atoms with Crippen LogP contribution in [0.5, 0.6) is 0 Å². The van der Waals surface area contributed by atoms with Crippen molar-refractivity contribution in [2.45, 2.75) is 37.6 Å². The van der Waals surface area contributed by atoms with E-state index >= 15 is 0 Å². The normalized spacial score (nSPS) is 20.8. The third kappa shape index (κ3) is 2.97. The van der Waals surface area contributed by atoms with Crippen molar-refractivity contribution in [3.05, 3.63) is 29.7 Å². The molecule has 0 radical (unpaired) electrons. The smallest absolute Gasteiger partial charge is 0.230 e. The van der Waals surface area contributed by atoms with E-state index < -0.39 is 0 Å². The largest absolute Gasteiger partial charge is 0.377 e. The standard InChI is InChI=1S/C20H22N4O4/c25-12-23-7-5-14(6-8-23)20-21-19(22-28-20)15-2-1-13-3-4-18(26)24(17(13)9-15)16-10-27-11-16/h1-2,9,12,14,16H,3-8,10-11H2. The summed E-state index contributed by atoms with van der Waals surface area (Å²) in [6, 6.07) is 6.16. The van der Waals surface area contributed by atoms with Gasteiger partial charge in [0.2, 0.25) is 24.0 Å². The number of carbonyl (C=O) groups excluding carboxylic acids is 2. The van der Waals surface area contributed by atoms with Crippen LogP contribution in [0.1, 0.15) is 36.6 Å². The van der Waals surface area contributed by atoms with Crippen molar-refractivity contribution in [3.8, 4) is 11.4 Å². The predicted molar refractivity (Wildman–Crippen MR) is 99.8 cm³/mol. The molecule has 2 aromatic rings. The lowest BCUT2D eigenvalue weighted by Crippen LogP contribution is -2.53.